The van der Waals surface area contributed by atoms with Crippen molar-refractivity contribution in [1.82, 2.24) is 14.9 Å². The van der Waals surface area contributed by atoms with Gasteiger partial charge in [0, 0.05) is 29.6 Å². The van der Waals surface area contributed by atoms with E-state index in [9.17, 15) is 19.3 Å². The van der Waals surface area contributed by atoms with E-state index in [1.807, 2.05) is 0 Å². The third-order valence-corrected chi connectivity index (χ3v) is 5.30. The molecule has 2 aromatic carbocycles. The molecular formula is C19H15BrFN5O5. The SMILES string of the molecule is O=C(O)N1CCC(Oc2cc3ncnc(Nc4ccc(Br)cc4F)c3cc2[N+](=O)[O-])C1. The van der Waals surface area contributed by atoms with Gasteiger partial charge in [-0.15, -0.1) is 0 Å². The van der Waals surface area contributed by atoms with Gasteiger partial charge in [0.25, 0.3) is 0 Å². The highest BCUT2D eigenvalue weighted by molar-refractivity contribution is 9.10. The number of carbonyl (C=O) groups is 1. The minimum Gasteiger partial charge on any atom is -0.481 e. The van der Waals surface area contributed by atoms with Crippen LogP contribution in [0.4, 0.5) is 26.4 Å². The van der Waals surface area contributed by atoms with Crippen molar-refractivity contribution in [2.24, 2.45) is 0 Å². The Morgan fingerprint density at radius 3 is 2.84 bits per heavy atom. The lowest BCUT2D eigenvalue weighted by Crippen LogP contribution is -2.29. The highest BCUT2D eigenvalue weighted by Gasteiger charge is 2.30. The summed E-state index contributed by atoms with van der Waals surface area (Å²) in [6.45, 7) is 0.403. The molecule has 1 aliphatic heterocycles. The van der Waals surface area contributed by atoms with Crippen LogP contribution in [0.5, 0.6) is 5.75 Å². The highest BCUT2D eigenvalue weighted by atomic mass is 79.9. The van der Waals surface area contributed by atoms with Gasteiger partial charge in [-0.1, -0.05) is 15.9 Å². The van der Waals surface area contributed by atoms with Crippen LogP contribution in [0.1, 0.15) is 6.42 Å². The first-order valence-corrected chi connectivity index (χ1v) is 9.91. The number of likely N-dealkylation sites (tertiary alicyclic amines) is 1. The summed E-state index contributed by atoms with van der Waals surface area (Å²) >= 11 is 3.18. The fourth-order valence-electron chi connectivity index (χ4n) is 3.31. The molecule has 0 aliphatic carbocycles. The van der Waals surface area contributed by atoms with Gasteiger partial charge in [-0.25, -0.2) is 19.2 Å². The summed E-state index contributed by atoms with van der Waals surface area (Å²) in [5.41, 5.74) is 0.171. The molecule has 1 fully saturated rings. The van der Waals surface area contributed by atoms with Gasteiger partial charge in [0.05, 0.1) is 28.1 Å². The number of nitrogens with one attached hydrogen (secondary N) is 1. The Hall–Kier alpha value is -3.54. The minimum atomic E-state index is -1.07. The summed E-state index contributed by atoms with van der Waals surface area (Å²) in [7, 11) is 0. The number of halogens is 2. The zero-order valence-corrected chi connectivity index (χ0v) is 17.4. The van der Waals surface area contributed by atoms with Crippen LogP contribution in [0, 0.1) is 15.9 Å². The van der Waals surface area contributed by atoms with E-state index in [0.717, 1.165) is 0 Å². The Balaban J connectivity index is 1.69. The van der Waals surface area contributed by atoms with Gasteiger partial charge in [-0.2, -0.15) is 0 Å². The van der Waals surface area contributed by atoms with Gasteiger partial charge in [0.1, 0.15) is 24.1 Å². The van der Waals surface area contributed by atoms with E-state index >= 15 is 0 Å². The monoisotopic (exact) mass is 491 g/mol. The zero-order chi connectivity index (χ0) is 22.1. The van der Waals surface area contributed by atoms with Crippen LogP contribution in [0.25, 0.3) is 10.9 Å². The van der Waals surface area contributed by atoms with E-state index in [-0.39, 0.29) is 36.0 Å². The van der Waals surface area contributed by atoms with Crippen LogP contribution < -0.4 is 10.1 Å². The molecule has 10 nitrogen and oxygen atoms in total. The summed E-state index contributed by atoms with van der Waals surface area (Å²) in [5, 5.41) is 23.9. The maximum absolute atomic E-state index is 14.2. The molecule has 1 aliphatic rings. The Morgan fingerprint density at radius 1 is 1.35 bits per heavy atom. The van der Waals surface area contributed by atoms with Crippen molar-refractivity contribution >= 4 is 50.1 Å². The number of nitro benzene ring substituents is 1. The van der Waals surface area contributed by atoms with Crippen LogP contribution in [0.3, 0.4) is 0 Å². The number of anilines is 2. The molecule has 0 radical (unpaired) electrons. The Labute approximate surface area is 182 Å². The molecule has 1 aromatic heterocycles. The lowest BCUT2D eigenvalue weighted by atomic mass is 10.2. The number of benzene rings is 2. The lowest BCUT2D eigenvalue weighted by Gasteiger charge is -2.15. The molecule has 1 unspecified atom stereocenters. The third kappa shape index (κ3) is 4.33. The van der Waals surface area contributed by atoms with Gasteiger partial charge >= 0.3 is 11.8 Å². The fourth-order valence-corrected chi connectivity index (χ4v) is 3.64. The average Bonchev–Trinajstić information content (AvgIpc) is 3.18. The van der Waals surface area contributed by atoms with Crippen molar-refractivity contribution < 1.29 is 24.0 Å². The summed E-state index contributed by atoms with van der Waals surface area (Å²) in [6.07, 6.45) is 0.0888. The number of hydrogen-bond acceptors (Lipinski definition) is 7. The van der Waals surface area contributed by atoms with Crippen LogP contribution in [-0.2, 0) is 0 Å². The molecule has 160 valence electrons. The molecule has 1 amide bonds. The first-order chi connectivity index (χ1) is 14.8. The summed E-state index contributed by atoms with van der Waals surface area (Å²) < 4.78 is 20.5. The van der Waals surface area contributed by atoms with E-state index in [4.69, 9.17) is 9.84 Å². The van der Waals surface area contributed by atoms with Gasteiger partial charge < -0.3 is 20.1 Å². The van der Waals surface area contributed by atoms with Crippen molar-refractivity contribution in [3.05, 3.63) is 57.1 Å². The minimum absolute atomic E-state index is 0.0192. The van der Waals surface area contributed by atoms with Crippen molar-refractivity contribution in [3.8, 4) is 5.75 Å². The van der Waals surface area contributed by atoms with Crippen LogP contribution in [0.2, 0.25) is 0 Å². The molecule has 2 heterocycles. The fraction of sp³-hybridized carbons (Fsp3) is 0.211. The smallest absolute Gasteiger partial charge is 0.407 e. The quantitative estimate of drug-likeness (QED) is 0.398. The molecule has 3 aromatic rings. The molecule has 12 heteroatoms. The molecule has 1 atom stereocenters. The Morgan fingerprint density at radius 2 is 2.16 bits per heavy atom. The molecule has 2 N–H and O–H groups in total. The maximum atomic E-state index is 14.2. The molecule has 31 heavy (non-hydrogen) atoms. The second kappa shape index (κ2) is 8.30. The number of nitro groups is 1. The van der Waals surface area contributed by atoms with Crippen molar-refractivity contribution in [3.63, 3.8) is 0 Å². The van der Waals surface area contributed by atoms with Crippen LogP contribution >= 0.6 is 15.9 Å². The molecular weight excluding hydrogens is 477 g/mol. The zero-order valence-electron chi connectivity index (χ0n) is 15.8. The first kappa shape index (κ1) is 20.7. The molecule has 4 rings (SSSR count). The average molecular weight is 492 g/mol. The topological polar surface area (TPSA) is 131 Å². The standard InChI is InChI=1S/C19H15BrFN5O5/c20-10-1-2-14(13(21)5-10)24-18-12-6-16(26(29)30)17(7-15(12)22-9-23-18)31-11-3-4-25(8-11)19(27)28/h1-2,5-7,9,11H,3-4,8H2,(H,27,28)(H,22,23,24). The first-order valence-electron chi connectivity index (χ1n) is 9.11. The van der Waals surface area contributed by atoms with Gasteiger partial charge in [-0.3, -0.25) is 10.1 Å². The second-order valence-corrected chi connectivity index (χ2v) is 7.74. The molecule has 0 saturated carbocycles. The number of aromatic nitrogens is 2. The number of hydrogen-bond donors (Lipinski definition) is 2. The highest BCUT2D eigenvalue weighted by Crippen LogP contribution is 2.36. The van der Waals surface area contributed by atoms with E-state index in [0.29, 0.717) is 21.8 Å². The Bertz CT molecular complexity index is 1190. The van der Waals surface area contributed by atoms with E-state index in [2.05, 4.69) is 31.2 Å². The predicted octanol–water partition coefficient (Wildman–Crippen LogP) is 4.31. The van der Waals surface area contributed by atoms with E-state index < -0.39 is 22.9 Å². The lowest BCUT2D eigenvalue weighted by molar-refractivity contribution is -0.385. The van der Waals surface area contributed by atoms with Crippen LogP contribution in [0.15, 0.2) is 41.1 Å². The largest absolute Gasteiger partial charge is 0.481 e. The van der Waals surface area contributed by atoms with E-state index in [1.54, 1.807) is 6.07 Å². The summed E-state index contributed by atoms with van der Waals surface area (Å²) in [4.78, 5) is 31.6. The number of ether oxygens (including phenoxy) is 1. The van der Waals surface area contributed by atoms with E-state index in [1.165, 1.54) is 35.5 Å². The Kier molecular flexibility index (Phi) is 5.55. The summed E-state index contributed by atoms with van der Waals surface area (Å²) in [6, 6.07) is 7.09. The number of nitrogens with zero attached hydrogens (tertiary/aromatic N) is 4. The molecule has 0 bridgehead atoms. The number of carboxylic acid groups (broad SMARTS) is 1. The van der Waals surface area contributed by atoms with Crippen molar-refractivity contribution in [1.29, 1.82) is 0 Å². The second-order valence-electron chi connectivity index (χ2n) is 6.82. The van der Waals surface area contributed by atoms with Crippen LogP contribution in [-0.4, -0.2) is 50.2 Å². The molecule has 0 spiro atoms. The maximum Gasteiger partial charge on any atom is 0.407 e. The number of fused-ring (bicyclic) bond motifs is 1. The number of amides is 1. The predicted molar refractivity (Wildman–Crippen MR) is 112 cm³/mol. The van der Waals surface area contributed by atoms with Gasteiger partial charge in [0.2, 0.25) is 0 Å². The normalized spacial score (nSPS) is 15.8. The van der Waals surface area contributed by atoms with Crippen molar-refractivity contribution in [2.45, 2.75) is 12.5 Å². The van der Waals surface area contributed by atoms with Gasteiger partial charge in [-0.05, 0) is 18.2 Å². The number of rotatable bonds is 5. The summed E-state index contributed by atoms with van der Waals surface area (Å²) in [5.74, 6) is -0.354. The van der Waals surface area contributed by atoms with Gasteiger partial charge in [0.15, 0.2) is 5.75 Å². The molecule has 1 saturated heterocycles. The third-order valence-electron chi connectivity index (χ3n) is 4.81. The van der Waals surface area contributed by atoms with Crippen molar-refractivity contribution in [2.75, 3.05) is 18.4 Å².